The summed E-state index contributed by atoms with van der Waals surface area (Å²) in [6.45, 7) is 1.45. The quantitative estimate of drug-likeness (QED) is 0.125. The SMILES string of the molecule is COC(=O)/C1=C/Cn2c3ccccc3c3c4c(c5c6ccccc6n(c5c32)C1)C(=O)N(Cc1ccc(OC)cc1OC)C4=O.COC(=O)/C1=C/Cn2c3ccccc3c3c4c(c5c6ccccc6n(c5c32)C1)C(=O)NC4=O. The molecular formula is C61H44N6O10. The second-order valence-corrected chi connectivity index (χ2v) is 19.5. The molecule has 378 valence electrons. The molecule has 4 amide bonds. The van der Waals surface area contributed by atoms with Gasteiger partial charge < -0.3 is 37.2 Å². The zero-order chi connectivity index (χ0) is 52.7. The van der Waals surface area contributed by atoms with Crippen LogP contribution in [0.2, 0.25) is 0 Å². The van der Waals surface area contributed by atoms with Crippen LogP contribution in [-0.4, -0.2) is 87.2 Å². The number of fused-ring (bicyclic) bond motifs is 18. The summed E-state index contributed by atoms with van der Waals surface area (Å²) in [5.74, 6) is -1.12. The molecule has 7 aromatic carbocycles. The van der Waals surface area contributed by atoms with Crippen molar-refractivity contribution < 1.29 is 47.7 Å². The lowest BCUT2D eigenvalue weighted by Gasteiger charge is -2.17. The molecule has 0 saturated carbocycles. The van der Waals surface area contributed by atoms with Crippen LogP contribution < -0.4 is 14.8 Å². The maximum absolute atomic E-state index is 14.5. The van der Waals surface area contributed by atoms with Gasteiger partial charge in [0.15, 0.2) is 0 Å². The molecule has 0 fully saturated rings. The van der Waals surface area contributed by atoms with Crippen molar-refractivity contribution in [2.75, 3.05) is 28.4 Å². The van der Waals surface area contributed by atoms with E-state index >= 15 is 0 Å². The number of methoxy groups -OCH3 is 4. The van der Waals surface area contributed by atoms with Gasteiger partial charge in [-0.25, -0.2) is 9.59 Å². The largest absolute Gasteiger partial charge is 0.497 e. The maximum atomic E-state index is 14.5. The fourth-order valence-electron chi connectivity index (χ4n) is 12.6. The molecule has 0 atom stereocenters. The van der Waals surface area contributed by atoms with E-state index in [-0.39, 0.29) is 42.7 Å². The van der Waals surface area contributed by atoms with E-state index in [0.717, 1.165) is 81.8 Å². The fourth-order valence-corrected chi connectivity index (χ4v) is 12.6. The van der Waals surface area contributed by atoms with Crippen LogP contribution >= 0.6 is 0 Å². The highest BCUT2D eigenvalue weighted by molar-refractivity contribution is 6.41. The van der Waals surface area contributed by atoms with Crippen molar-refractivity contribution in [2.24, 2.45) is 0 Å². The number of nitrogens with one attached hydrogen (secondary N) is 1. The van der Waals surface area contributed by atoms with Crippen LogP contribution in [0.15, 0.2) is 139 Å². The number of carbonyl (C=O) groups is 6. The molecule has 4 aromatic heterocycles. The Balaban J connectivity index is 0.000000146. The maximum Gasteiger partial charge on any atom is 0.335 e. The molecule has 0 saturated heterocycles. The lowest BCUT2D eigenvalue weighted by molar-refractivity contribution is -0.137. The normalized spacial score (nSPS) is 16.1. The minimum Gasteiger partial charge on any atom is -0.497 e. The van der Waals surface area contributed by atoms with Gasteiger partial charge in [0.1, 0.15) is 11.5 Å². The van der Waals surface area contributed by atoms with Gasteiger partial charge in [0, 0.05) is 89.9 Å². The number of ether oxygens (including phenoxy) is 4. The van der Waals surface area contributed by atoms with E-state index in [0.29, 0.717) is 75.5 Å². The van der Waals surface area contributed by atoms with E-state index in [1.807, 2.05) is 115 Å². The van der Waals surface area contributed by atoms with E-state index < -0.39 is 5.97 Å². The zero-order valence-electron chi connectivity index (χ0n) is 42.0. The van der Waals surface area contributed by atoms with Crippen molar-refractivity contribution in [3.63, 3.8) is 0 Å². The second-order valence-electron chi connectivity index (χ2n) is 19.5. The first-order valence-electron chi connectivity index (χ1n) is 25.0. The highest BCUT2D eigenvalue weighted by Crippen LogP contribution is 2.49. The first kappa shape index (κ1) is 45.6. The van der Waals surface area contributed by atoms with E-state index in [4.69, 9.17) is 18.9 Å². The number of para-hydroxylation sites is 4. The van der Waals surface area contributed by atoms with Crippen molar-refractivity contribution in [3.05, 3.63) is 166 Å². The summed E-state index contributed by atoms with van der Waals surface area (Å²) in [6.07, 6.45) is 3.78. The summed E-state index contributed by atoms with van der Waals surface area (Å²) in [6, 6.07) is 36.7. The van der Waals surface area contributed by atoms with Crippen molar-refractivity contribution in [1.29, 1.82) is 0 Å². The molecule has 15 rings (SSSR count). The molecule has 0 radical (unpaired) electrons. The number of imide groups is 2. The van der Waals surface area contributed by atoms with Crippen LogP contribution in [-0.2, 0) is 51.8 Å². The number of esters is 2. The number of allylic oxidation sites excluding steroid dienone is 2. The van der Waals surface area contributed by atoms with Gasteiger partial charge in [0.05, 0.1) is 104 Å². The van der Waals surface area contributed by atoms with Crippen LogP contribution in [0, 0.1) is 0 Å². The highest BCUT2D eigenvalue weighted by Gasteiger charge is 2.43. The molecule has 11 aromatic rings. The number of carbonyl (C=O) groups excluding carboxylic acids is 6. The van der Waals surface area contributed by atoms with Crippen LogP contribution in [0.25, 0.3) is 87.2 Å². The summed E-state index contributed by atoms with van der Waals surface area (Å²) < 4.78 is 29.6. The summed E-state index contributed by atoms with van der Waals surface area (Å²) in [5.41, 5.74) is 10.4. The molecule has 16 heteroatoms. The summed E-state index contributed by atoms with van der Waals surface area (Å²) >= 11 is 0. The predicted molar refractivity (Wildman–Crippen MR) is 291 cm³/mol. The van der Waals surface area contributed by atoms with Crippen LogP contribution in [0.5, 0.6) is 11.5 Å². The number of hydrogen-bond donors (Lipinski definition) is 1. The number of nitrogens with zero attached hydrogens (tertiary/aromatic N) is 5. The van der Waals surface area contributed by atoms with Crippen molar-refractivity contribution in [2.45, 2.75) is 32.7 Å². The van der Waals surface area contributed by atoms with Gasteiger partial charge in [-0.15, -0.1) is 0 Å². The van der Waals surface area contributed by atoms with Crippen molar-refractivity contribution >= 4 is 123 Å². The topological polar surface area (TPSA) is 174 Å². The Kier molecular flexibility index (Phi) is 9.94. The van der Waals surface area contributed by atoms with Gasteiger partial charge in [0.25, 0.3) is 23.6 Å². The minimum absolute atomic E-state index is 0.0355. The third-order valence-corrected chi connectivity index (χ3v) is 15.8. The molecule has 1 N–H and O–H groups in total. The smallest absolute Gasteiger partial charge is 0.335 e. The number of rotatable bonds is 6. The molecule has 4 aliphatic rings. The average molecular weight is 1020 g/mol. The van der Waals surface area contributed by atoms with Crippen molar-refractivity contribution in [3.8, 4) is 11.5 Å². The number of aromatic nitrogens is 4. The Bertz CT molecular complexity index is 4660. The van der Waals surface area contributed by atoms with Gasteiger partial charge in [-0.3, -0.25) is 29.4 Å². The fraction of sp³-hybridized carbons (Fsp3) is 0.148. The monoisotopic (exact) mass is 1020 g/mol. The predicted octanol–water partition coefficient (Wildman–Crippen LogP) is 9.73. The molecule has 8 heterocycles. The third-order valence-electron chi connectivity index (χ3n) is 15.8. The summed E-state index contributed by atoms with van der Waals surface area (Å²) in [7, 11) is 5.88. The molecule has 0 aliphatic carbocycles. The molecule has 0 spiro atoms. The van der Waals surface area contributed by atoms with E-state index in [1.54, 1.807) is 26.4 Å². The standard InChI is InChI=1S/C35H27N3O6.C26H17N3O4/c1-42-21-13-12-19(26(16-21)43-2)17-38-33(39)29-27-22-8-4-6-10-24(22)36-15-14-20(35(41)44-3)18-37-25-11-7-5-9-23(25)28(30(29)34(38)40)32(37)31(27)36;1-33-26(32)13-10-11-28-16-8-4-2-6-14(16)18-20-21(25(31)27-24(20)30)19-15-7-3-5-9-17(15)29(12-13)23(19)22(18)28/h4-14,16H,15,17-18H2,1-3H3;2-10H,11-12H2,1H3,(H,27,30,31)/b20-14+;13-10+. The molecule has 4 aliphatic heterocycles. The second kappa shape index (κ2) is 16.8. The minimum atomic E-state index is -0.404. The van der Waals surface area contributed by atoms with Crippen molar-refractivity contribution in [1.82, 2.24) is 28.5 Å². The Labute approximate surface area is 436 Å². The molecular weight excluding hydrogens is 977 g/mol. The van der Waals surface area contributed by atoms with E-state index in [2.05, 4.69) is 23.6 Å². The zero-order valence-corrected chi connectivity index (χ0v) is 42.0. The van der Waals surface area contributed by atoms with Gasteiger partial charge >= 0.3 is 11.9 Å². The average Bonchev–Trinajstić information content (AvgIpc) is 4.34. The Morgan fingerprint density at radius 1 is 0.481 bits per heavy atom. The Morgan fingerprint density at radius 2 is 0.870 bits per heavy atom. The first-order chi connectivity index (χ1) is 37.6. The van der Waals surface area contributed by atoms with Crippen LogP contribution in [0.1, 0.15) is 47.0 Å². The molecule has 16 nitrogen and oxygen atoms in total. The number of benzene rings is 7. The van der Waals surface area contributed by atoms with E-state index in [1.165, 1.54) is 19.1 Å². The van der Waals surface area contributed by atoms with E-state index in [9.17, 15) is 28.8 Å². The number of hydrogen-bond acceptors (Lipinski definition) is 10. The highest BCUT2D eigenvalue weighted by atomic mass is 16.5. The van der Waals surface area contributed by atoms with Crippen LogP contribution in [0.4, 0.5) is 0 Å². The third kappa shape index (κ3) is 6.20. The van der Waals surface area contributed by atoms with Gasteiger partial charge in [0.2, 0.25) is 0 Å². The summed E-state index contributed by atoms with van der Waals surface area (Å²) in [5, 5.41) is 8.98. The van der Waals surface area contributed by atoms with Gasteiger partial charge in [-0.2, -0.15) is 0 Å². The lowest BCUT2D eigenvalue weighted by Crippen LogP contribution is -2.29. The Hall–Kier alpha value is -9.96. The van der Waals surface area contributed by atoms with Crippen LogP contribution in [0.3, 0.4) is 0 Å². The first-order valence-corrected chi connectivity index (χ1v) is 25.0. The van der Waals surface area contributed by atoms with Gasteiger partial charge in [-0.1, -0.05) is 84.9 Å². The summed E-state index contributed by atoms with van der Waals surface area (Å²) in [4.78, 5) is 82.0. The lowest BCUT2D eigenvalue weighted by atomic mass is 9.96. The van der Waals surface area contributed by atoms with Gasteiger partial charge in [-0.05, 0) is 36.4 Å². The Morgan fingerprint density at radius 3 is 1.27 bits per heavy atom. The molecule has 77 heavy (non-hydrogen) atoms. The number of amides is 4. The molecule has 0 unspecified atom stereocenters. The molecule has 0 bridgehead atoms.